The lowest BCUT2D eigenvalue weighted by Gasteiger charge is -2.17. The number of fused-ring (bicyclic) bond motifs is 1. The summed E-state index contributed by atoms with van der Waals surface area (Å²) in [7, 11) is 0. The molecule has 0 atom stereocenters. The van der Waals surface area contributed by atoms with Crippen LogP contribution < -0.4 is 10.1 Å². The highest BCUT2D eigenvalue weighted by atomic mass is 32.1. The number of anilines is 1. The lowest BCUT2D eigenvalue weighted by molar-refractivity contribution is 0.0998. The number of aryl methyl sites for hydroxylation is 2. The number of ether oxygens (including phenoxy) is 1. The maximum atomic E-state index is 12.7. The molecular formula is C22H22N4O3S. The maximum Gasteiger partial charge on any atom is 0.183 e. The summed E-state index contributed by atoms with van der Waals surface area (Å²) in [6.45, 7) is 4.77. The molecule has 1 aliphatic heterocycles. The van der Waals surface area contributed by atoms with Crippen molar-refractivity contribution in [2.45, 2.75) is 20.3 Å². The van der Waals surface area contributed by atoms with Crippen molar-refractivity contribution in [2.75, 3.05) is 25.1 Å². The van der Waals surface area contributed by atoms with E-state index < -0.39 is 0 Å². The first kappa shape index (κ1) is 20.2. The second-order valence-corrected chi connectivity index (χ2v) is 7.91. The first-order valence-electron chi connectivity index (χ1n) is 9.64. The van der Waals surface area contributed by atoms with Gasteiger partial charge in [-0.1, -0.05) is 6.07 Å². The number of hydrogen-bond acceptors (Lipinski definition) is 8. The molecule has 2 aromatic heterocycles. The molecule has 0 fully saturated rings. The summed E-state index contributed by atoms with van der Waals surface area (Å²) in [4.78, 5) is 26.4. The average molecular weight is 423 g/mol. The van der Waals surface area contributed by atoms with Gasteiger partial charge in [0.25, 0.3) is 0 Å². The van der Waals surface area contributed by atoms with Crippen LogP contribution in [0.4, 0.5) is 10.8 Å². The molecule has 2 N–H and O–H groups in total. The first-order chi connectivity index (χ1) is 14.5. The fourth-order valence-electron chi connectivity index (χ4n) is 3.14. The topological polar surface area (TPSA) is 96.7 Å². The Bertz CT molecular complexity index is 1120. The van der Waals surface area contributed by atoms with Crippen LogP contribution in [-0.2, 0) is 0 Å². The van der Waals surface area contributed by atoms with Crippen molar-refractivity contribution < 1.29 is 14.6 Å². The number of aliphatic hydroxyl groups excluding tert-OH is 1. The van der Waals surface area contributed by atoms with Gasteiger partial charge in [-0.2, -0.15) is 0 Å². The largest absolute Gasteiger partial charge is 0.488 e. The summed E-state index contributed by atoms with van der Waals surface area (Å²) in [6.07, 6.45) is 1.83. The predicted octanol–water partition coefficient (Wildman–Crippen LogP) is 3.96. The molecule has 1 aromatic carbocycles. The van der Waals surface area contributed by atoms with Crippen molar-refractivity contribution in [3.8, 4) is 17.1 Å². The van der Waals surface area contributed by atoms with Crippen LogP contribution in [0.5, 0.6) is 5.75 Å². The van der Waals surface area contributed by atoms with E-state index in [0.717, 1.165) is 11.3 Å². The quantitative estimate of drug-likeness (QED) is 0.598. The van der Waals surface area contributed by atoms with Crippen LogP contribution in [0.3, 0.4) is 0 Å². The molecule has 0 bridgehead atoms. The molecule has 0 aliphatic carbocycles. The lowest BCUT2D eigenvalue weighted by atomic mass is 9.99. The van der Waals surface area contributed by atoms with E-state index in [2.05, 4.69) is 22.2 Å². The molecule has 0 saturated heterocycles. The zero-order valence-electron chi connectivity index (χ0n) is 16.8. The fraction of sp³-hybridized carbons (Fsp3) is 0.273. The Morgan fingerprint density at radius 2 is 2.10 bits per heavy atom. The molecular weight excluding hydrogens is 400 g/mol. The zero-order chi connectivity index (χ0) is 21.1. The minimum Gasteiger partial charge on any atom is -0.488 e. The zero-order valence-corrected chi connectivity index (χ0v) is 17.6. The number of pyridine rings is 1. The van der Waals surface area contributed by atoms with Gasteiger partial charge in [0.15, 0.2) is 10.9 Å². The first-order valence-corrected chi connectivity index (χ1v) is 10.5. The molecule has 0 spiro atoms. The Balaban J connectivity index is 1.60. The van der Waals surface area contributed by atoms with Gasteiger partial charge in [0.2, 0.25) is 0 Å². The van der Waals surface area contributed by atoms with Crippen molar-refractivity contribution in [1.82, 2.24) is 9.97 Å². The Labute approximate surface area is 178 Å². The third-order valence-electron chi connectivity index (χ3n) is 4.88. The number of Topliss-reactive ketones (excluding diaryl/α,β-unsaturated/α-hetero) is 1. The third kappa shape index (κ3) is 4.24. The van der Waals surface area contributed by atoms with Gasteiger partial charge in [-0.15, -0.1) is 11.3 Å². The van der Waals surface area contributed by atoms with Gasteiger partial charge in [0.1, 0.15) is 29.4 Å². The van der Waals surface area contributed by atoms with Gasteiger partial charge in [0.05, 0.1) is 18.7 Å². The number of nitrogens with one attached hydrogen (secondary N) is 1. The molecule has 8 heteroatoms. The minimum atomic E-state index is -0.00352. The summed E-state index contributed by atoms with van der Waals surface area (Å²) in [5.41, 5.74) is 5.31. The minimum absolute atomic E-state index is 0.00352. The number of carbonyl (C=O) groups excluding carboxylic acids is 1. The molecule has 0 radical (unpaired) electrons. The number of aromatic nitrogens is 2. The van der Waals surface area contributed by atoms with Crippen molar-refractivity contribution in [3.05, 3.63) is 52.5 Å². The number of aliphatic imine (C=N–C) groups is 1. The number of hydrogen-bond donors (Lipinski definition) is 2. The Kier molecular flexibility index (Phi) is 5.87. The van der Waals surface area contributed by atoms with Crippen LogP contribution in [-0.4, -0.2) is 46.3 Å². The van der Waals surface area contributed by atoms with Crippen molar-refractivity contribution >= 4 is 33.7 Å². The summed E-state index contributed by atoms with van der Waals surface area (Å²) in [5, 5.41) is 14.5. The maximum absolute atomic E-state index is 12.7. The normalized spacial score (nSPS) is 13.0. The van der Waals surface area contributed by atoms with E-state index in [-0.39, 0.29) is 25.4 Å². The summed E-state index contributed by atoms with van der Waals surface area (Å²) in [5.74, 6) is 0.751. The van der Waals surface area contributed by atoms with E-state index in [4.69, 9.17) is 14.8 Å². The monoisotopic (exact) mass is 422 g/mol. The third-order valence-corrected chi connectivity index (χ3v) is 5.68. The molecule has 3 heterocycles. The highest BCUT2D eigenvalue weighted by Gasteiger charge is 2.25. The van der Waals surface area contributed by atoms with E-state index in [9.17, 15) is 4.79 Å². The lowest BCUT2D eigenvalue weighted by Crippen LogP contribution is -2.20. The molecule has 3 aromatic rings. The highest BCUT2D eigenvalue weighted by Crippen LogP contribution is 2.36. The van der Waals surface area contributed by atoms with Crippen LogP contribution >= 0.6 is 11.3 Å². The second-order valence-electron chi connectivity index (χ2n) is 7.06. The number of rotatable bonds is 7. The second kappa shape index (κ2) is 8.73. The van der Waals surface area contributed by atoms with E-state index in [1.807, 2.05) is 30.5 Å². The van der Waals surface area contributed by atoms with Crippen LogP contribution in [0.1, 0.15) is 27.9 Å². The van der Waals surface area contributed by atoms with Gasteiger partial charge in [0, 0.05) is 23.7 Å². The molecule has 154 valence electrons. The number of ketones is 1. The number of thiazole rings is 1. The molecule has 30 heavy (non-hydrogen) atoms. The molecule has 1 aliphatic rings. The summed E-state index contributed by atoms with van der Waals surface area (Å²) < 4.78 is 5.89. The van der Waals surface area contributed by atoms with Crippen LogP contribution in [0.2, 0.25) is 0 Å². The van der Waals surface area contributed by atoms with Crippen molar-refractivity contribution in [1.29, 1.82) is 0 Å². The standard InChI is InChI=1S/C22H22N4O3S/c1-13-3-4-16(9-14(13)2)29-11-15-10-19(28)17-5-6-23-21(20(17)25-15)18-12-30-22(26-18)24-7-8-27/h3-6,9,12,27H,7-8,10-11H2,1-2H3,(H,24,26). The van der Waals surface area contributed by atoms with Gasteiger partial charge in [-0.25, -0.2) is 4.98 Å². The number of benzene rings is 1. The van der Waals surface area contributed by atoms with E-state index in [0.29, 0.717) is 40.0 Å². The Morgan fingerprint density at radius 3 is 2.90 bits per heavy atom. The molecule has 0 saturated carbocycles. The van der Waals surface area contributed by atoms with Crippen LogP contribution in [0, 0.1) is 13.8 Å². The Morgan fingerprint density at radius 1 is 1.23 bits per heavy atom. The SMILES string of the molecule is Cc1ccc(OCC2=Nc3c(ccnc3-c3csc(NCCO)n3)C(=O)C2)cc1C. The highest BCUT2D eigenvalue weighted by molar-refractivity contribution is 7.14. The van der Waals surface area contributed by atoms with E-state index in [1.165, 1.54) is 16.9 Å². The molecule has 7 nitrogen and oxygen atoms in total. The van der Waals surface area contributed by atoms with Gasteiger partial charge >= 0.3 is 0 Å². The average Bonchev–Trinajstić information content (AvgIpc) is 3.21. The number of carbonyl (C=O) groups is 1. The predicted molar refractivity (Wildman–Crippen MR) is 118 cm³/mol. The van der Waals surface area contributed by atoms with Crippen molar-refractivity contribution in [2.24, 2.45) is 4.99 Å². The molecule has 4 rings (SSSR count). The number of aliphatic hydroxyl groups is 1. The van der Waals surface area contributed by atoms with Gasteiger partial charge < -0.3 is 15.2 Å². The molecule has 0 amide bonds. The van der Waals surface area contributed by atoms with Crippen LogP contribution in [0.25, 0.3) is 11.4 Å². The summed E-state index contributed by atoms with van der Waals surface area (Å²) >= 11 is 1.42. The van der Waals surface area contributed by atoms with Crippen LogP contribution in [0.15, 0.2) is 40.8 Å². The van der Waals surface area contributed by atoms with Gasteiger partial charge in [-0.3, -0.25) is 14.8 Å². The van der Waals surface area contributed by atoms with E-state index >= 15 is 0 Å². The molecule has 0 unspecified atom stereocenters. The fourth-order valence-corrected chi connectivity index (χ4v) is 3.86. The van der Waals surface area contributed by atoms with Crippen molar-refractivity contribution in [3.63, 3.8) is 0 Å². The summed E-state index contributed by atoms with van der Waals surface area (Å²) in [6, 6.07) is 7.62. The number of nitrogens with zero attached hydrogens (tertiary/aromatic N) is 3. The Hall–Kier alpha value is -3.10. The smallest absolute Gasteiger partial charge is 0.183 e. The van der Waals surface area contributed by atoms with E-state index in [1.54, 1.807) is 12.3 Å². The van der Waals surface area contributed by atoms with Gasteiger partial charge in [-0.05, 0) is 43.2 Å².